The van der Waals surface area contributed by atoms with E-state index in [2.05, 4.69) is 252 Å². The highest BCUT2D eigenvalue weighted by molar-refractivity contribution is 6.09. The third-order valence-corrected chi connectivity index (χ3v) is 11.8. The van der Waals surface area contributed by atoms with Crippen molar-refractivity contribution in [2.45, 2.75) is 0 Å². The van der Waals surface area contributed by atoms with Crippen LogP contribution < -0.4 is 4.90 Å². The molecule has 0 N–H and O–H groups in total. The molecule has 11 aromatic rings. The van der Waals surface area contributed by atoms with Gasteiger partial charge in [0, 0.05) is 33.5 Å². The molecule has 0 bridgehead atoms. The van der Waals surface area contributed by atoms with E-state index in [1.54, 1.807) is 0 Å². The third kappa shape index (κ3) is 6.41. The van der Waals surface area contributed by atoms with Gasteiger partial charge in [-0.2, -0.15) is 0 Å². The average Bonchev–Trinajstić information content (AvgIpc) is 3.67. The van der Waals surface area contributed by atoms with E-state index in [4.69, 9.17) is 0 Å². The number of benzene rings is 10. The maximum atomic E-state index is 2.37. The van der Waals surface area contributed by atoms with Gasteiger partial charge in [-0.25, -0.2) is 0 Å². The van der Waals surface area contributed by atoms with Crippen LogP contribution in [0, 0.1) is 0 Å². The molecule has 282 valence electrons. The second kappa shape index (κ2) is 15.1. The zero-order valence-electron chi connectivity index (χ0n) is 33.0. The molecule has 0 aliphatic heterocycles. The zero-order valence-corrected chi connectivity index (χ0v) is 33.0. The minimum Gasteiger partial charge on any atom is -0.311 e. The van der Waals surface area contributed by atoms with Gasteiger partial charge >= 0.3 is 0 Å². The van der Waals surface area contributed by atoms with Crippen molar-refractivity contribution in [3.8, 4) is 50.2 Å². The van der Waals surface area contributed by atoms with Crippen LogP contribution in [-0.4, -0.2) is 4.57 Å². The predicted molar refractivity (Wildman–Crippen MR) is 255 cm³/mol. The highest BCUT2D eigenvalue weighted by Gasteiger charge is 2.16. The average molecular weight is 765 g/mol. The third-order valence-electron chi connectivity index (χ3n) is 11.8. The van der Waals surface area contributed by atoms with E-state index in [0.29, 0.717) is 0 Å². The molecule has 60 heavy (non-hydrogen) atoms. The molecule has 0 saturated carbocycles. The predicted octanol–water partition coefficient (Wildman–Crippen LogP) is 16.1. The Morgan fingerprint density at radius 3 is 1.13 bits per heavy atom. The maximum absolute atomic E-state index is 2.37. The van der Waals surface area contributed by atoms with E-state index in [9.17, 15) is 0 Å². The summed E-state index contributed by atoms with van der Waals surface area (Å²) < 4.78 is 2.37. The molecule has 11 rings (SSSR count). The molecule has 0 radical (unpaired) electrons. The van der Waals surface area contributed by atoms with Crippen molar-refractivity contribution in [1.29, 1.82) is 0 Å². The number of fused-ring (bicyclic) bond motifs is 4. The highest BCUT2D eigenvalue weighted by Crippen LogP contribution is 2.39. The van der Waals surface area contributed by atoms with E-state index in [1.807, 2.05) is 0 Å². The van der Waals surface area contributed by atoms with Gasteiger partial charge in [0.25, 0.3) is 0 Å². The SMILES string of the molecule is c1ccc(-c2ccc(-c3ccc(N(c4ccc(-c5ccc(-n6c7ccccc7c7ccccc76)cc5)cc4)c4ccc(-c5cccc6ccccc56)cc4)cc3)cc2)cc1. The summed E-state index contributed by atoms with van der Waals surface area (Å²) in [6.45, 7) is 0. The summed E-state index contributed by atoms with van der Waals surface area (Å²) in [5.74, 6) is 0. The minimum atomic E-state index is 1.10. The summed E-state index contributed by atoms with van der Waals surface area (Å²) in [5.41, 5.74) is 16.5. The molecule has 1 aromatic heterocycles. The number of rotatable bonds is 8. The van der Waals surface area contributed by atoms with Gasteiger partial charge in [-0.1, -0.05) is 182 Å². The fraction of sp³-hybridized carbons (Fsp3) is 0. The van der Waals surface area contributed by atoms with Crippen LogP contribution >= 0.6 is 0 Å². The first-order chi connectivity index (χ1) is 29.7. The van der Waals surface area contributed by atoms with Gasteiger partial charge in [-0.15, -0.1) is 0 Å². The van der Waals surface area contributed by atoms with Gasteiger partial charge in [0.15, 0.2) is 0 Å². The van der Waals surface area contributed by atoms with Crippen molar-refractivity contribution < 1.29 is 0 Å². The molecule has 0 amide bonds. The van der Waals surface area contributed by atoms with E-state index >= 15 is 0 Å². The molecular weight excluding hydrogens is 725 g/mol. The Labute approximate surface area is 350 Å². The first kappa shape index (κ1) is 35.2. The lowest BCUT2D eigenvalue weighted by Gasteiger charge is -2.26. The van der Waals surface area contributed by atoms with Gasteiger partial charge in [-0.3, -0.25) is 0 Å². The lowest BCUT2D eigenvalue weighted by molar-refractivity contribution is 1.18. The van der Waals surface area contributed by atoms with E-state index < -0.39 is 0 Å². The summed E-state index contributed by atoms with van der Waals surface area (Å²) >= 11 is 0. The Kier molecular flexibility index (Phi) is 8.87. The van der Waals surface area contributed by atoms with Crippen LogP contribution in [0.25, 0.3) is 82.8 Å². The van der Waals surface area contributed by atoms with Crippen molar-refractivity contribution in [2.24, 2.45) is 0 Å². The summed E-state index contributed by atoms with van der Waals surface area (Å²) in [6, 6.07) is 87.7. The fourth-order valence-corrected chi connectivity index (χ4v) is 8.81. The molecule has 1 heterocycles. The zero-order chi connectivity index (χ0) is 39.8. The number of aromatic nitrogens is 1. The van der Waals surface area contributed by atoms with Crippen molar-refractivity contribution in [2.75, 3.05) is 4.90 Å². The first-order valence-corrected chi connectivity index (χ1v) is 20.6. The number of anilines is 3. The largest absolute Gasteiger partial charge is 0.311 e. The van der Waals surface area contributed by atoms with E-state index in [0.717, 1.165) is 22.7 Å². The van der Waals surface area contributed by atoms with Gasteiger partial charge in [0.1, 0.15) is 0 Å². The lowest BCUT2D eigenvalue weighted by Crippen LogP contribution is -2.09. The van der Waals surface area contributed by atoms with Gasteiger partial charge in [0.05, 0.1) is 11.0 Å². The van der Waals surface area contributed by atoms with Gasteiger partial charge in [-0.05, 0) is 116 Å². The molecule has 2 nitrogen and oxygen atoms in total. The van der Waals surface area contributed by atoms with E-state index in [-0.39, 0.29) is 0 Å². The topological polar surface area (TPSA) is 8.17 Å². The van der Waals surface area contributed by atoms with Crippen molar-refractivity contribution in [3.05, 3.63) is 243 Å². The lowest BCUT2D eigenvalue weighted by atomic mass is 9.98. The minimum absolute atomic E-state index is 1.10. The molecule has 0 atom stereocenters. The van der Waals surface area contributed by atoms with Crippen LogP contribution in [0.4, 0.5) is 17.1 Å². The summed E-state index contributed by atoms with van der Waals surface area (Å²) in [5, 5.41) is 5.05. The molecule has 0 unspecified atom stereocenters. The monoisotopic (exact) mass is 764 g/mol. The Bertz CT molecular complexity index is 3190. The van der Waals surface area contributed by atoms with Crippen LogP contribution in [0.5, 0.6) is 0 Å². The van der Waals surface area contributed by atoms with Gasteiger partial charge in [0.2, 0.25) is 0 Å². The fourth-order valence-electron chi connectivity index (χ4n) is 8.81. The normalized spacial score (nSPS) is 11.3. The van der Waals surface area contributed by atoms with E-state index in [1.165, 1.54) is 77.1 Å². The second-order valence-electron chi connectivity index (χ2n) is 15.4. The quantitative estimate of drug-likeness (QED) is 0.150. The molecule has 2 heteroatoms. The molecule has 0 aliphatic carbocycles. The molecule has 0 fully saturated rings. The number of nitrogens with zero attached hydrogens (tertiary/aromatic N) is 2. The van der Waals surface area contributed by atoms with Gasteiger partial charge < -0.3 is 9.47 Å². The van der Waals surface area contributed by atoms with Crippen LogP contribution in [0.1, 0.15) is 0 Å². The van der Waals surface area contributed by atoms with Crippen LogP contribution in [-0.2, 0) is 0 Å². The van der Waals surface area contributed by atoms with Crippen LogP contribution in [0.15, 0.2) is 243 Å². The second-order valence-corrected chi connectivity index (χ2v) is 15.4. The highest BCUT2D eigenvalue weighted by atomic mass is 15.1. The Morgan fingerprint density at radius 1 is 0.250 bits per heavy atom. The number of hydrogen-bond acceptors (Lipinski definition) is 1. The number of para-hydroxylation sites is 2. The maximum Gasteiger partial charge on any atom is 0.0541 e. The summed E-state index contributed by atoms with van der Waals surface area (Å²) in [4.78, 5) is 2.35. The Balaban J connectivity index is 0.928. The Morgan fingerprint density at radius 2 is 0.617 bits per heavy atom. The van der Waals surface area contributed by atoms with Crippen molar-refractivity contribution >= 4 is 49.6 Å². The molecule has 10 aromatic carbocycles. The van der Waals surface area contributed by atoms with Crippen molar-refractivity contribution in [1.82, 2.24) is 4.57 Å². The molecule has 0 aliphatic rings. The molecular formula is C58H40N2. The smallest absolute Gasteiger partial charge is 0.0541 e. The molecule has 0 saturated heterocycles. The first-order valence-electron chi connectivity index (χ1n) is 20.6. The summed E-state index contributed by atoms with van der Waals surface area (Å²) in [6.07, 6.45) is 0. The number of hydrogen-bond donors (Lipinski definition) is 0. The Hall–Kier alpha value is -7.94. The van der Waals surface area contributed by atoms with Crippen molar-refractivity contribution in [3.63, 3.8) is 0 Å². The standard InChI is InChI=1S/C58H40N2/c1-2-11-41(12-3-1)42-21-23-43(24-22-42)44-25-33-49(34-26-44)59(51-39-31-48(32-40-51)54-18-10-14-47-13-4-5-15-53(47)54)50-35-27-45(28-36-50)46-29-37-52(38-30-46)60-57-19-8-6-16-55(57)56-17-7-9-20-58(56)60/h1-40H. The summed E-state index contributed by atoms with van der Waals surface area (Å²) in [7, 11) is 0. The molecule has 0 spiro atoms. The van der Waals surface area contributed by atoms with Crippen LogP contribution in [0.3, 0.4) is 0 Å². The van der Waals surface area contributed by atoms with Crippen LogP contribution in [0.2, 0.25) is 0 Å².